The Morgan fingerprint density at radius 3 is 1.80 bits per heavy atom. The van der Waals surface area contributed by atoms with E-state index in [1.807, 2.05) is 0 Å². The van der Waals surface area contributed by atoms with Gasteiger partial charge in [0.25, 0.3) is 0 Å². The van der Waals surface area contributed by atoms with E-state index in [1.54, 1.807) is 0 Å². The Bertz CT molecular complexity index is 32.6. The zero-order valence-corrected chi connectivity index (χ0v) is 4.65. The first kappa shape index (κ1) is 9.13. The fourth-order valence-corrected chi connectivity index (χ4v) is 0. The molecular formula is CH4FeO2P+. The van der Waals surface area contributed by atoms with Crippen LogP contribution in [0.25, 0.3) is 0 Å². The van der Waals surface area contributed by atoms with Gasteiger partial charge in [-0.2, -0.15) is 4.89 Å². The molecule has 0 fully saturated rings. The van der Waals surface area contributed by atoms with Crippen molar-refractivity contribution in [1.82, 2.24) is 0 Å². The fourth-order valence-electron chi connectivity index (χ4n) is 0. The molecule has 1 N–H and O–H groups in total. The molecule has 1 atom stereocenters. The monoisotopic (exact) mass is 135 g/mol. The van der Waals surface area contributed by atoms with Crippen LogP contribution in [0.3, 0.4) is 0 Å². The van der Waals surface area contributed by atoms with Gasteiger partial charge in [0.15, 0.2) is 6.66 Å². The van der Waals surface area contributed by atoms with Crippen molar-refractivity contribution < 1.29 is 26.5 Å². The Balaban J connectivity index is 0. The van der Waals surface area contributed by atoms with Crippen LogP contribution in [-0.2, 0) is 21.6 Å². The van der Waals surface area contributed by atoms with E-state index in [2.05, 4.69) is 0 Å². The van der Waals surface area contributed by atoms with Gasteiger partial charge in [0.05, 0.1) is 0 Å². The summed E-state index contributed by atoms with van der Waals surface area (Å²) < 4.78 is 9.15. The van der Waals surface area contributed by atoms with Gasteiger partial charge in [0.2, 0.25) is 0 Å². The smallest absolute Gasteiger partial charge is 0.161 e. The van der Waals surface area contributed by atoms with Crippen LogP contribution in [0.4, 0.5) is 0 Å². The van der Waals surface area contributed by atoms with Crippen LogP contribution in [0.1, 0.15) is 0 Å². The molecule has 0 aliphatic heterocycles. The van der Waals surface area contributed by atoms with Crippen LogP contribution in [-0.4, -0.2) is 11.6 Å². The summed E-state index contributed by atoms with van der Waals surface area (Å²) in [4.78, 5) is 7.56. The predicted molar refractivity (Wildman–Crippen MR) is 15.7 cm³/mol. The van der Waals surface area contributed by atoms with Crippen molar-refractivity contribution in [2.24, 2.45) is 0 Å². The van der Waals surface area contributed by atoms with E-state index in [-0.39, 0.29) is 17.1 Å². The first-order chi connectivity index (χ1) is 1.73. The minimum atomic E-state index is -1.87. The van der Waals surface area contributed by atoms with Crippen molar-refractivity contribution in [3.63, 3.8) is 0 Å². The summed E-state index contributed by atoms with van der Waals surface area (Å²) in [6, 6.07) is 0. The third-order valence-corrected chi connectivity index (χ3v) is 0. The molecule has 32 valence electrons. The quantitative estimate of drug-likeness (QED) is 0.384. The molecule has 0 aromatic carbocycles. The van der Waals surface area contributed by atoms with Crippen molar-refractivity contribution in [1.29, 1.82) is 0 Å². The summed E-state index contributed by atoms with van der Waals surface area (Å²) in [5.74, 6) is 0. The minimum Gasteiger partial charge on any atom is -0.161 e. The van der Waals surface area contributed by atoms with Gasteiger partial charge in [-0.1, -0.05) is 0 Å². The normalized spacial score (nSPS) is 8.80. The molecule has 0 heterocycles. The molecule has 0 spiro atoms. The Morgan fingerprint density at radius 1 is 1.80 bits per heavy atom. The molecule has 0 saturated carbocycles. The van der Waals surface area contributed by atoms with E-state index in [1.165, 1.54) is 6.66 Å². The van der Waals surface area contributed by atoms with E-state index in [0.717, 1.165) is 0 Å². The second kappa shape index (κ2) is 4.58. The van der Waals surface area contributed by atoms with Crippen LogP contribution in [0.15, 0.2) is 0 Å². The van der Waals surface area contributed by atoms with Crippen LogP contribution < -0.4 is 0 Å². The van der Waals surface area contributed by atoms with Gasteiger partial charge in [-0.25, -0.2) is 0 Å². The van der Waals surface area contributed by atoms with Crippen LogP contribution in [0, 0.1) is 0 Å². The standard InChI is InChI=1S/CH3O2P.Fe/c1-4(2)3;/h1H3;/p+1. The Labute approximate surface area is 41.9 Å². The average Bonchev–Trinajstić information content (AvgIpc) is 0.811. The van der Waals surface area contributed by atoms with Crippen molar-refractivity contribution in [3.05, 3.63) is 0 Å². The van der Waals surface area contributed by atoms with Gasteiger partial charge < -0.3 is 0 Å². The van der Waals surface area contributed by atoms with Gasteiger partial charge >= 0.3 is 8.03 Å². The van der Waals surface area contributed by atoms with Crippen molar-refractivity contribution in [2.45, 2.75) is 0 Å². The number of rotatable bonds is 0. The van der Waals surface area contributed by atoms with Crippen LogP contribution in [0.5, 0.6) is 0 Å². The summed E-state index contributed by atoms with van der Waals surface area (Å²) >= 11 is 0. The summed E-state index contributed by atoms with van der Waals surface area (Å²) in [5.41, 5.74) is 0. The first-order valence-electron chi connectivity index (χ1n) is 0.830. The SMILES string of the molecule is C[P+](=O)O.[Fe]. The molecule has 0 aromatic rings. The Hall–Kier alpha value is 0.579. The molecule has 0 aromatic heterocycles. The molecule has 0 amide bonds. The topological polar surface area (TPSA) is 37.3 Å². The Kier molecular flexibility index (Phi) is 8.36. The second-order valence-electron chi connectivity index (χ2n) is 0.464. The molecule has 1 unspecified atom stereocenters. The third-order valence-electron chi connectivity index (χ3n) is 0. The molecule has 0 rings (SSSR count). The summed E-state index contributed by atoms with van der Waals surface area (Å²) in [5, 5.41) is 0. The van der Waals surface area contributed by atoms with Crippen LogP contribution >= 0.6 is 8.03 Å². The molecule has 4 heteroatoms. The molecule has 0 bridgehead atoms. The maximum absolute atomic E-state index is 9.15. The largest absolute Gasteiger partial charge is 0.502 e. The average molecular weight is 135 g/mol. The van der Waals surface area contributed by atoms with Gasteiger partial charge in [-0.05, 0) is 4.57 Å². The summed E-state index contributed by atoms with van der Waals surface area (Å²) in [7, 11) is -1.87. The molecule has 0 saturated heterocycles. The van der Waals surface area contributed by atoms with E-state index in [9.17, 15) is 0 Å². The zero-order valence-electron chi connectivity index (χ0n) is 2.66. The van der Waals surface area contributed by atoms with Gasteiger partial charge in [0, 0.05) is 17.1 Å². The molecule has 2 nitrogen and oxygen atoms in total. The maximum atomic E-state index is 9.15. The fraction of sp³-hybridized carbons (Fsp3) is 1.00. The molecule has 0 aliphatic rings. The molecule has 0 aliphatic carbocycles. The summed E-state index contributed by atoms with van der Waals surface area (Å²) in [6.07, 6.45) is 0. The second-order valence-corrected chi connectivity index (χ2v) is 1.39. The van der Waals surface area contributed by atoms with Gasteiger partial charge in [-0.15, -0.1) is 0 Å². The van der Waals surface area contributed by atoms with Gasteiger partial charge in [-0.3, -0.25) is 0 Å². The maximum Gasteiger partial charge on any atom is 0.502 e. The summed E-state index contributed by atoms with van der Waals surface area (Å²) in [6.45, 7) is 1.23. The van der Waals surface area contributed by atoms with E-state index in [0.29, 0.717) is 0 Å². The molecule has 0 radical (unpaired) electrons. The van der Waals surface area contributed by atoms with Gasteiger partial charge in [0.1, 0.15) is 0 Å². The first-order valence-corrected chi connectivity index (χ1v) is 2.49. The van der Waals surface area contributed by atoms with E-state index >= 15 is 0 Å². The van der Waals surface area contributed by atoms with Crippen molar-refractivity contribution in [3.8, 4) is 0 Å². The zero-order chi connectivity index (χ0) is 3.58. The van der Waals surface area contributed by atoms with Crippen molar-refractivity contribution in [2.75, 3.05) is 6.66 Å². The molecule has 5 heavy (non-hydrogen) atoms. The third kappa shape index (κ3) is 90.7. The van der Waals surface area contributed by atoms with E-state index < -0.39 is 8.03 Å². The van der Waals surface area contributed by atoms with Crippen LogP contribution in [0.2, 0.25) is 0 Å². The molecular weight excluding hydrogens is 131 g/mol. The Morgan fingerprint density at radius 2 is 1.80 bits per heavy atom. The van der Waals surface area contributed by atoms with E-state index in [4.69, 9.17) is 9.46 Å². The number of hydrogen-bond donors (Lipinski definition) is 1. The predicted octanol–water partition coefficient (Wildman–Crippen LogP) is 0.348. The van der Waals surface area contributed by atoms with Crippen molar-refractivity contribution >= 4 is 8.03 Å². The minimum absolute atomic E-state index is 0. The number of hydrogen-bond acceptors (Lipinski definition) is 1.